The standard InChI is InChI=1S/C20H18N4O/c21-20(25)23-22-15-16-11-13-19(14-12-16)24(17-7-3-1-4-8-17)18-9-5-2-6-10-18/h1-15H,(H3,21,23,25)/b22-15+. The number of carbonyl (C=O) groups is 1. The van der Waals surface area contributed by atoms with Crippen molar-refractivity contribution in [3.8, 4) is 0 Å². The molecule has 0 aliphatic heterocycles. The smallest absolute Gasteiger partial charge is 0.332 e. The molecule has 3 aromatic rings. The third-order valence-electron chi connectivity index (χ3n) is 3.57. The minimum absolute atomic E-state index is 0.688. The van der Waals surface area contributed by atoms with Gasteiger partial charge in [0, 0.05) is 17.1 Å². The van der Waals surface area contributed by atoms with Crippen LogP contribution in [0.3, 0.4) is 0 Å². The summed E-state index contributed by atoms with van der Waals surface area (Å²) < 4.78 is 0. The Bertz CT molecular complexity index is 806. The van der Waals surface area contributed by atoms with E-state index in [-0.39, 0.29) is 0 Å². The second kappa shape index (κ2) is 7.79. The molecule has 5 heteroatoms. The molecule has 5 nitrogen and oxygen atoms in total. The zero-order chi connectivity index (χ0) is 17.5. The summed E-state index contributed by atoms with van der Waals surface area (Å²) in [5.74, 6) is 0. The van der Waals surface area contributed by atoms with E-state index in [9.17, 15) is 4.79 Å². The highest BCUT2D eigenvalue weighted by atomic mass is 16.2. The Kier molecular flexibility index (Phi) is 5.07. The molecule has 0 bridgehead atoms. The fourth-order valence-electron chi connectivity index (χ4n) is 2.48. The van der Waals surface area contributed by atoms with Crippen molar-refractivity contribution in [2.45, 2.75) is 0 Å². The van der Waals surface area contributed by atoms with E-state index in [0.717, 1.165) is 22.6 Å². The third kappa shape index (κ3) is 4.23. The number of anilines is 3. The zero-order valence-electron chi connectivity index (χ0n) is 13.5. The van der Waals surface area contributed by atoms with Gasteiger partial charge in [-0.05, 0) is 42.0 Å². The molecule has 3 N–H and O–H groups in total. The van der Waals surface area contributed by atoms with Crippen molar-refractivity contribution in [2.75, 3.05) is 4.90 Å². The quantitative estimate of drug-likeness (QED) is 0.545. The van der Waals surface area contributed by atoms with Crippen LogP contribution in [0.25, 0.3) is 0 Å². The van der Waals surface area contributed by atoms with Gasteiger partial charge in [0.25, 0.3) is 0 Å². The van der Waals surface area contributed by atoms with Crippen LogP contribution in [-0.2, 0) is 0 Å². The first-order valence-corrected chi connectivity index (χ1v) is 7.83. The molecule has 0 spiro atoms. The van der Waals surface area contributed by atoms with Crippen LogP contribution in [-0.4, -0.2) is 12.2 Å². The van der Waals surface area contributed by atoms with Crippen molar-refractivity contribution in [2.24, 2.45) is 10.8 Å². The van der Waals surface area contributed by atoms with Crippen molar-refractivity contribution < 1.29 is 4.79 Å². The number of hydrazone groups is 1. The second-order valence-electron chi connectivity index (χ2n) is 5.33. The van der Waals surface area contributed by atoms with E-state index in [2.05, 4.69) is 39.7 Å². The summed E-state index contributed by atoms with van der Waals surface area (Å²) in [6.45, 7) is 0. The lowest BCUT2D eigenvalue weighted by molar-refractivity contribution is 0.249. The van der Waals surface area contributed by atoms with Crippen LogP contribution in [0.15, 0.2) is 90.0 Å². The van der Waals surface area contributed by atoms with Gasteiger partial charge in [0.15, 0.2) is 0 Å². The van der Waals surface area contributed by atoms with Crippen molar-refractivity contribution in [3.63, 3.8) is 0 Å². The van der Waals surface area contributed by atoms with Gasteiger partial charge < -0.3 is 10.6 Å². The molecule has 3 aromatic carbocycles. The number of nitrogens with one attached hydrogen (secondary N) is 1. The monoisotopic (exact) mass is 330 g/mol. The summed E-state index contributed by atoms with van der Waals surface area (Å²) in [4.78, 5) is 12.8. The SMILES string of the molecule is NC(=O)N/N=C/c1ccc(N(c2ccccc2)c2ccccc2)cc1. The van der Waals surface area contributed by atoms with Gasteiger partial charge in [-0.2, -0.15) is 5.10 Å². The Morgan fingerprint density at radius 1 is 0.800 bits per heavy atom. The molecule has 0 unspecified atom stereocenters. The molecule has 2 amide bonds. The third-order valence-corrected chi connectivity index (χ3v) is 3.57. The minimum atomic E-state index is -0.688. The van der Waals surface area contributed by atoms with Crippen LogP contribution >= 0.6 is 0 Å². The molecule has 0 heterocycles. The van der Waals surface area contributed by atoms with E-state index in [1.165, 1.54) is 0 Å². The Morgan fingerprint density at radius 2 is 1.28 bits per heavy atom. The highest BCUT2D eigenvalue weighted by Crippen LogP contribution is 2.33. The summed E-state index contributed by atoms with van der Waals surface area (Å²) in [6.07, 6.45) is 1.55. The van der Waals surface area contributed by atoms with Crippen LogP contribution in [0.2, 0.25) is 0 Å². The van der Waals surface area contributed by atoms with Crippen LogP contribution in [0.5, 0.6) is 0 Å². The molecule has 0 aromatic heterocycles. The van der Waals surface area contributed by atoms with E-state index in [0.29, 0.717) is 0 Å². The number of urea groups is 1. The number of hydrogen-bond donors (Lipinski definition) is 2. The number of benzene rings is 3. The molecule has 0 aliphatic rings. The van der Waals surface area contributed by atoms with Gasteiger partial charge in [0.2, 0.25) is 0 Å². The second-order valence-corrected chi connectivity index (χ2v) is 5.33. The summed E-state index contributed by atoms with van der Waals surface area (Å²) in [5, 5.41) is 3.77. The van der Waals surface area contributed by atoms with Gasteiger partial charge in [0.05, 0.1) is 6.21 Å². The summed E-state index contributed by atoms with van der Waals surface area (Å²) >= 11 is 0. The van der Waals surface area contributed by atoms with Gasteiger partial charge in [-0.1, -0.05) is 48.5 Å². The van der Waals surface area contributed by atoms with E-state index < -0.39 is 6.03 Å². The summed E-state index contributed by atoms with van der Waals surface area (Å²) in [7, 11) is 0. The lowest BCUT2D eigenvalue weighted by atomic mass is 10.1. The van der Waals surface area contributed by atoms with E-state index in [4.69, 9.17) is 5.73 Å². The Morgan fingerprint density at radius 3 is 1.76 bits per heavy atom. The number of carbonyl (C=O) groups excluding carboxylic acids is 1. The zero-order valence-corrected chi connectivity index (χ0v) is 13.5. The Balaban J connectivity index is 1.92. The number of primary amides is 1. The van der Waals surface area contributed by atoms with Crippen molar-refractivity contribution in [3.05, 3.63) is 90.5 Å². The maximum absolute atomic E-state index is 10.6. The maximum atomic E-state index is 10.6. The average Bonchev–Trinajstić information content (AvgIpc) is 2.65. The lowest BCUT2D eigenvalue weighted by Gasteiger charge is -2.25. The Labute approximate surface area is 146 Å². The van der Waals surface area contributed by atoms with Gasteiger partial charge in [-0.15, -0.1) is 0 Å². The largest absolute Gasteiger partial charge is 0.350 e. The molecule has 124 valence electrons. The number of nitrogens with two attached hydrogens (primary N) is 1. The first-order valence-electron chi connectivity index (χ1n) is 7.83. The van der Waals surface area contributed by atoms with Gasteiger partial charge >= 0.3 is 6.03 Å². The topological polar surface area (TPSA) is 70.7 Å². The van der Waals surface area contributed by atoms with Crippen molar-refractivity contribution in [1.82, 2.24) is 5.43 Å². The average molecular weight is 330 g/mol. The first kappa shape index (κ1) is 16.3. The normalized spacial score (nSPS) is 10.6. The van der Waals surface area contributed by atoms with Crippen LogP contribution in [0.4, 0.5) is 21.9 Å². The predicted octanol–water partition coefficient (Wildman–Crippen LogP) is 4.16. The number of nitrogens with zero attached hydrogens (tertiary/aromatic N) is 2. The number of para-hydroxylation sites is 2. The van der Waals surface area contributed by atoms with E-state index in [1.807, 2.05) is 60.7 Å². The fraction of sp³-hybridized carbons (Fsp3) is 0. The molecule has 0 saturated heterocycles. The van der Waals surface area contributed by atoms with Gasteiger partial charge in [-0.25, -0.2) is 10.2 Å². The van der Waals surface area contributed by atoms with Crippen LogP contribution in [0, 0.1) is 0 Å². The molecule has 0 saturated carbocycles. The molecular weight excluding hydrogens is 312 g/mol. The molecule has 0 atom stereocenters. The minimum Gasteiger partial charge on any atom is -0.350 e. The van der Waals surface area contributed by atoms with Gasteiger partial charge in [0.1, 0.15) is 0 Å². The summed E-state index contributed by atoms with van der Waals surface area (Å²) in [5.41, 5.74) is 11.2. The Hall–Kier alpha value is -3.60. The highest BCUT2D eigenvalue weighted by Gasteiger charge is 2.11. The number of rotatable bonds is 5. The van der Waals surface area contributed by atoms with Crippen LogP contribution in [0.1, 0.15) is 5.56 Å². The molecule has 0 radical (unpaired) electrons. The maximum Gasteiger partial charge on any atom is 0.332 e. The lowest BCUT2D eigenvalue weighted by Crippen LogP contribution is -2.24. The molecule has 3 rings (SSSR count). The first-order chi connectivity index (χ1) is 12.2. The molecule has 0 aliphatic carbocycles. The van der Waals surface area contributed by atoms with Gasteiger partial charge in [-0.3, -0.25) is 0 Å². The van der Waals surface area contributed by atoms with Crippen LogP contribution < -0.4 is 16.1 Å². The fourth-order valence-corrected chi connectivity index (χ4v) is 2.48. The van der Waals surface area contributed by atoms with E-state index in [1.54, 1.807) is 6.21 Å². The predicted molar refractivity (Wildman–Crippen MR) is 101 cm³/mol. The number of hydrogen-bond acceptors (Lipinski definition) is 3. The summed E-state index contributed by atoms with van der Waals surface area (Å²) in [6, 6.07) is 27.5. The number of amides is 2. The molecule has 0 fully saturated rings. The van der Waals surface area contributed by atoms with Crippen molar-refractivity contribution in [1.29, 1.82) is 0 Å². The van der Waals surface area contributed by atoms with Crippen molar-refractivity contribution >= 4 is 29.3 Å². The molecule has 25 heavy (non-hydrogen) atoms. The van der Waals surface area contributed by atoms with E-state index >= 15 is 0 Å². The highest BCUT2D eigenvalue weighted by molar-refractivity contribution is 5.83. The molecular formula is C20H18N4O.